The second-order valence-corrected chi connectivity index (χ2v) is 6.42. The number of aliphatic hydroxyl groups excluding tert-OH is 1. The minimum absolute atomic E-state index is 0.148. The van der Waals surface area contributed by atoms with Gasteiger partial charge in [0.2, 0.25) is 11.9 Å². The summed E-state index contributed by atoms with van der Waals surface area (Å²) < 4.78 is 14.3. The molecule has 0 bridgehead atoms. The second kappa shape index (κ2) is 6.72. The Morgan fingerprint density at radius 1 is 1.42 bits per heavy atom. The Morgan fingerprint density at radius 3 is 2.71 bits per heavy atom. The number of nitrogens with one attached hydrogen (secondary N) is 1. The van der Waals surface area contributed by atoms with Gasteiger partial charge in [0.15, 0.2) is 0 Å². The summed E-state index contributed by atoms with van der Waals surface area (Å²) in [6, 6.07) is 4.00. The minimum Gasteiger partial charge on any atom is -0.393 e. The molecule has 0 unspecified atom stereocenters. The van der Waals surface area contributed by atoms with E-state index >= 15 is 0 Å². The van der Waals surface area contributed by atoms with Gasteiger partial charge in [-0.05, 0) is 30.5 Å². The second-order valence-electron chi connectivity index (χ2n) is 6.42. The van der Waals surface area contributed by atoms with Crippen LogP contribution < -0.4 is 10.2 Å². The number of carbonyl (C=O) groups excluding carboxylic acids is 1. The van der Waals surface area contributed by atoms with Gasteiger partial charge in [0.1, 0.15) is 11.7 Å². The van der Waals surface area contributed by atoms with Gasteiger partial charge in [0, 0.05) is 31.0 Å². The molecule has 1 amide bonds. The summed E-state index contributed by atoms with van der Waals surface area (Å²) in [5.74, 6) is -1.29. The molecule has 2 atom stereocenters. The number of amides is 1. The number of halogens is 1. The Morgan fingerprint density at radius 2 is 2.12 bits per heavy atom. The fraction of sp³-hybridized carbons (Fsp3) is 0.562. The van der Waals surface area contributed by atoms with Gasteiger partial charge in [-0.3, -0.25) is 14.9 Å². The van der Waals surface area contributed by atoms with Crippen molar-refractivity contribution in [2.45, 2.75) is 38.0 Å². The third-order valence-electron chi connectivity index (χ3n) is 4.65. The monoisotopic (exact) mass is 337 g/mol. The molecule has 0 aromatic heterocycles. The fourth-order valence-corrected chi connectivity index (χ4v) is 3.04. The number of rotatable bonds is 5. The average Bonchev–Trinajstić information content (AvgIpc) is 3.35. The van der Waals surface area contributed by atoms with Crippen LogP contribution in [-0.2, 0) is 11.3 Å². The quantitative estimate of drug-likeness (QED) is 0.619. The highest BCUT2D eigenvalue weighted by Gasteiger charge is 2.53. The van der Waals surface area contributed by atoms with Gasteiger partial charge in [-0.15, -0.1) is 0 Å². The zero-order valence-corrected chi connectivity index (χ0v) is 13.2. The van der Waals surface area contributed by atoms with Gasteiger partial charge in [0.25, 0.3) is 0 Å². The van der Waals surface area contributed by atoms with E-state index in [9.17, 15) is 24.4 Å². The van der Waals surface area contributed by atoms with Gasteiger partial charge >= 0.3 is 0 Å². The van der Waals surface area contributed by atoms with E-state index < -0.39 is 16.9 Å². The van der Waals surface area contributed by atoms with Crippen molar-refractivity contribution in [2.75, 3.05) is 18.0 Å². The number of nitrogens with zero attached hydrogens (tertiary/aromatic N) is 2. The van der Waals surface area contributed by atoms with Crippen LogP contribution in [0.1, 0.15) is 24.8 Å². The number of carbonyl (C=O) groups is 1. The van der Waals surface area contributed by atoms with Gasteiger partial charge < -0.3 is 15.3 Å². The van der Waals surface area contributed by atoms with Crippen LogP contribution in [0.4, 0.5) is 10.1 Å². The molecular formula is C16H20FN3O4. The number of hydrogen-bond donors (Lipinski definition) is 2. The SMILES string of the molecule is O=C(NCc1ccc(N2CCC(O)CC2)c(F)c1)[C@@H]1C[C@H]1[N+](=O)[O-]. The summed E-state index contributed by atoms with van der Waals surface area (Å²) in [6.45, 7) is 1.37. The molecule has 1 saturated carbocycles. The van der Waals surface area contributed by atoms with E-state index in [1.165, 1.54) is 6.07 Å². The number of anilines is 1. The molecule has 1 saturated heterocycles. The molecule has 1 heterocycles. The first-order valence-corrected chi connectivity index (χ1v) is 8.08. The van der Waals surface area contributed by atoms with Crippen molar-refractivity contribution in [1.29, 1.82) is 0 Å². The molecule has 2 fully saturated rings. The highest BCUT2D eigenvalue weighted by atomic mass is 19.1. The lowest BCUT2D eigenvalue weighted by molar-refractivity contribution is -0.497. The average molecular weight is 337 g/mol. The summed E-state index contributed by atoms with van der Waals surface area (Å²) in [5, 5.41) is 22.7. The maximum Gasteiger partial charge on any atom is 0.230 e. The largest absolute Gasteiger partial charge is 0.393 e. The normalized spacial score (nSPS) is 23.8. The van der Waals surface area contributed by atoms with E-state index in [1.807, 2.05) is 4.90 Å². The van der Waals surface area contributed by atoms with E-state index in [4.69, 9.17) is 0 Å². The Kier molecular flexibility index (Phi) is 4.66. The third-order valence-corrected chi connectivity index (χ3v) is 4.65. The standard InChI is InChI=1S/C16H20FN3O4/c17-13-7-10(9-18-16(22)12-8-15(12)20(23)24)1-2-14(13)19-5-3-11(21)4-6-19/h1-2,7,11-12,15,21H,3-6,8-9H2,(H,18,22)/t12-,15-/m1/s1. The van der Waals surface area contributed by atoms with Crippen LogP contribution in [0.15, 0.2) is 18.2 Å². The van der Waals surface area contributed by atoms with E-state index in [1.54, 1.807) is 12.1 Å². The molecule has 0 radical (unpaired) electrons. The molecule has 2 N–H and O–H groups in total. The van der Waals surface area contributed by atoms with Crippen molar-refractivity contribution >= 4 is 11.6 Å². The molecule has 8 heteroatoms. The summed E-state index contributed by atoms with van der Waals surface area (Å²) in [6.07, 6.45) is 1.20. The molecule has 7 nitrogen and oxygen atoms in total. The van der Waals surface area contributed by atoms with Gasteiger partial charge in [-0.25, -0.2) is 4.39 Å². The van der Waals surface area contributed by atoms with E-state index in [0.29, 0.717) is 37.2 Å². The molecule has 1 aliphatic heterocycles. The van der Waals surface area contributed by atoms with Gasteiger partial charge in [-0.2, -0.15) is 0 Å². The molecule has 2 aliphatic rings. The van der Waals surface area contributed by atoms with E-state index in [-0.39, 0.29) is 30.8 Å². The molecule has 0 spiro atoms. The van der Waals surface area contributed by atoms with Gasteiger partial charge in [0.05, 0.1) is 11.8 Å². The Labute approximate surface area is 138 Å². The van der Waals surface area contributed by atoms with Crippen LogP contribution in [0.25, 0.3) is 0 Å². The van der Waals surface area contributed by atoms with Crippen LogP contribution in [0.2, 0.25) is 0 Å². The summed E-state index contributed by atoms with van der Waals surface area (Å²) >= 11 is 0. The zero-order valence-electron chi connectivity index (χ0n) is 13.2. The topological polar surface area (TPSA) is 95.7 Å². The summed E-state index contributed by atoms with van der Waals surface area (Å²) in [4.78, 5) is 23.8. The smallest absolute Gasteiger partial charge is 0.230 e. The maximum absolute atomic E-state index is 14.3. The van der Waals surface area contributed by atoms with Crippen molar-refractivity contribution < 1.29 is 19.2 Å². The Balaban J connectivity index is 1.55. The van der Waals surface area contributed by atoms with Crippen molar-refractivity contribution in [2.24, 2.45) is 5.92 Å². The predicted octanol–water partition coefficient (Wildman–Crippen LogP) is 1.07. The lowest BCUT2D eigenvalue weighted by Crippen LogP contribution is -2.36. The van der Waals surface area contributed by atoms with Crippen LogP contribution in [-0.4, -0.2) is 41.2 Å². The highest BCUT2D eigenvalue weighted by Crippen LogP contribution is 2.33. The molecule has 24 heavy (non-hydrogen) atoms. The first-order chi connectivity index (χ1) is 11.5. The molecule has 130 valence electrons. The Bertz CT molecular complexity index is 646. The molecule has 1 aromatic carbocycles. The third kappa shape index (κ3) is 3.64. The summed E-state index contributed by atoms with van der Waals surface area (Å²) in [5.41, 5.74) is 1.10. The number of aliphatic hydroxyl groups is 1. The zero-order chi connectivity index (χ0) is 17.3. The van der Waals surface area contributed by atoms with Crippen LogP contribution in [0, 0.1) is 21.8 Å². The molecule has 1 aromatic rings. The van der Waals surface area contributed by atoms with Crippen molar-refractivity contribution in [3.05, 3.63) is 39.7 Å². The maximum atomic E-state index is 14.3. The molecular weight excluding hydrogens is 317 g/mol. The van der Waals surface area contributed by atoms with E-state index in [2.05, 4.69) is 5.32 Å². The first kappa shape index (κ1) is 16.6. The highest BCUT2D eigenvalue weighted by molar-refractivity contribution is 5.81. The van der Waals surface area contributed by atoms with Gasteiger partial charge in [-0.1, -0.05) is 6.07 Å². The van der Waals surface area contributed by atoms with E-state index in [0.717, 1.165) is 0 Å². The van der Waals surface area contributed by atoms with Crippen molar-refractivity contribution in [3.63, 3.8) is 0 Å². The fourth-order valence-electron chi connectivity index (χ4n) is 3.04. The number of hydrogen-bond acceptors (Lipinski definition) is 5. The van der Waals surface area contributed by atoms with Crippen LogP contribution in [0.5, 0.6) is 0 Å². The van der Waals surface area contributed by atoms with Crippen molar-refractivity contribution in [1.82, 2.24) is 5.32 Å². The predicted molar refractivity (Wildman–Crippen MR) is 84.6 cm³/mol. The number of nitro groups is 1. The minimum atomic E-state index is -0.779. The molecule has 1 aliphatic carbocycles. The number of benzene rings is 1. The number of piperidine rings is 1. The van der Waals surface area contributed by atoms with Crippen LogP contribution >= 0.6 is 0 Å². The van der Waals surface area contributed by atoms with Crippen LogP contribution in [0.3, 0.4) is 0 Å². The lowest BCUT2D eigenvalue weighted by atomic mass is 10.1. The first-order valence-electron chi connectivity index (χ1n) is 8.08. The lowest BCUT2D eigenvalue weighted by Gasteiger charge is -2.31. The molecule has 3 rings (SSSR count). The summed E-state index contributed by atoms with van der Waals surface area (Å²) in [7, 11) is 0. The van der Waals surface area contributed by atoms with Crippen molar-refractivity contribution in [3.8, 4) is 0 Å². The Hall–Kier alpha value is -2.22.